The van der Waals surface area contributed by atoms with Gasteiger partial charge in [0.05, 0.1) is 6.04 Å². The van der Waals surface area contributed by atoms with Gasteiger partial charge in [-0.1, -0.05) is 6.92 Å². The summed E-state index contributed by atoms with van der Waals surface area (Å²) in [5.74, 6) is -3.26. The number of carboxylic acid groups (broad SMARTS) is 2. The van der Waals surface area contributed by atoms with Crippen LogP contribution in [-0.4, -0.2) is 59.9 Å². The number of hydrogen-bond acceptors (Lipinski definition) is 6. The van der Waals surface area contributed by atoms with Crippen LogP contribution < -0.4 is 10.6 Å². The van der Waals surface area contributed by atoms with Crippen molar-refractivity contribution in [1.29, 1.82) is 0 Å². The Bertz CT molecular complexity index is 349. The lowest BCUT2D eigenvalue weighted by atomic mass is 10.1. The van der Waals surface area contributed by atoms with Crippen molar-refractivity contribution in [2.75, 3.05) is 14.1 Å². The molecule has 0 aliphatic carbocycles. The predicted octanol–water partition coefficient (Wildman–Crippen LogP) is -0.724. The number of nitrogens with one attached hydrogen (secondary N) is 2. The van der Waals surface area contributed by atoms with Gasteiger partial charge < -0.3 is 20.8 Å². The zero-order valence-electron chi connectivity index (χ0n) is 12.1. The molecule has 0 aromatic rings. The first kappa shape index (κ1) is 20.5. The Morgan fingerprint density at radius 3 is 1.55 bits per heavy atom. The Balaban J connectivity index is 0. The highest BCUT2D eigenvalue weighted by atomic mass is 16.4. The molecule has 0 saturated carbocycles. The SMILES string of the molecule is CCC(NC)C(=O)C(=O)O.CNC(CC(C)=O)C(=O)O. The highest BCUT2D eigenvalue weighted by molar-refractivity contribution is 6.34. The Morgan fingerprint density at radius 2 is 1.45 bits per heavy atom. The molecule has 0 aromatic heterocycles. The minimum absolute atomic E-state index is 0.0475. The van der Waals surface area contributed by atoms with Crippen LogP contribution in [0.3, 0.4) is 0 Å². The monoisotopic (exact) mass is 290 g/mol. The number of hydrogen-bond donors (Lipinski definition) is 4. The quantitative estimate of drug-likeness (QED) is 0.430. The van der Waals surface area contributed by atoms with E-state index in [0.29, 0.717) is 6.42 Å². The molecule has 2 atom stereocenters. The maximum Gasteiger partial charge on any atom is 0.373 e. The number of rotatable bonds is 8. The van der Waals surface area contributed by atoms with Crippen molar-refractivity contribution in [2.24, 2.45) is 0 Å². The lowest BCUT2D eigenvalue weighted by Crippen LogP contribution is -2.37. The molecular weight excluding hydrogens is 268 g/mol. The van der Waals surface area contributed by atoms with E-state index in [1.807, 2.05) is 0 Å². The molecule has 0 radical (unpaired) electrons. The molecule has 0 spiro atoms. The molecule has 0 aliphatic rings. The van der Waals surface area contributed by atoms with Crippen molar-refractivity contribution >= 4 is 23.5 Å². The van der Waals surface area contributed by atoms with Crippen molar-refractivity contribution in [3.05, 3.63) is 0 Å². The van der Waals surface area contributed by atoms with Crippen molar-refractivity contribution in [3.63, 3.8) is 0 Å². The van der Waals surface area contributed by atoms with E-state index in [4.69, 9.17) is 10.2 Å². The summed E-state index contributed by atoms with van der Waals surface area (Å²) < 4.78 is 0. The maximum absolute atomic E-state index is 10.6. The van der Waals surface area contributed by atoms with Crippen LogP contribution in [0.1, 0.15) is 26.7 Å². The second kappa shape index (κ2) is 11.1. The molecule has 0 saturated heterocycles. The van der Waals surface area contributed by atoms with Crippen LogP contribution in [0.2, 0.25) is 0 Å². The molecule has 0 bridgehead atoms. The van der Waals surface area contributed by atoms with Crippen LogP contribution in [0.4, 0.5) is 0 Å². The molecule has 0 heterocycles. The van der Waals surface area contributed by atoms with Gasteiger partial charge >= 0.3 is 11.9 Å². The normalized spacial score (nSPS) is 12.6. The van der Waals surface area contributed by atoms with Gasteiger partial charge in [0, 0.05) is 6.42 Å². The van der Waals surface area contributed by atoms with Crippen molar-refractivity contribution in [2.45, 2.75) is 38.8 Å². The fourth-order valence-electron chi connectivity index (χ4n) is 1.27. The smallest absolute Gasteiger partial charge is 0.373 e. The molecule has 8 heteroatoms. The van der Waals surface area contributed by atoms with Gasteiger partial charge in [-0.2, -0.15) is 0 Å². The second-order valence-corrected chi connectivity index (χ2v) is 4.00. The van der Waals surface area contributed by atoms with E-state index in [0.717, 1.165) is 0 Å². The first-order valence-corrected chi connectivity index (χ1v) is 6.05. The average molecular weight is 290 g/mol. The maximum atomic E-state index is 10.6. The molecule has 2 unspecified atom stereocenters. The molecule has 116 valence electrons. The van der Waals surface area contributed by atoms with E-state index >= 15 is 0 Å². The number of carboxylic acids is 2. The van der Waals surface area contributed by atoms with Crippen LogP contribution in [0.15, 0.2) is 0 Å². The van der Waals surface area contributed by atoms with E-state index < -0.39 is 29.8 Å². The minimum Gasteiger partial charge on any atom is -0.480 e. The van der Waals surface area contributed by atoms with E-state index in [2.05, 4.69) is 10.6 Å². The highest BCUT2D eigenvalue weighted by Gasteiger charge is 2.20. The zero-order chi connectivity index (χ0) is 16.3. The molecule has 4 N–H and O–H groups in total. The number of ketones is 2. The zero-order valence-corrected chi connectivity index (χ0v) is 12.1. The van der Waals surface area contributed by atoms with E-state index in [-0.39, 0.29) is 12.2 Å². The van der Waals surface area contributed by atoms with Gasteiger partial charge in [0.15, 0.2) is 0 Å². The molecule has 20 heavy (non-hydrogen) atoms. The summed E-state index contributed by atoms with van der Waals surface area (Å²) >= 11 is 0. The Hall–Kier alpha value is -1.80. The predicted molar refractivity (Wildman–Crippen MR) is 71.6 cm³/mol. The molecule has 0 rings (SSSR count). The standard InChI is InChI=1S/2C6H11NO3/c1-4(8)3-5(7-2)6(9)10;1-3-4(7-2)5(8)6(9)10/h5,7H,3H2,1-2H3,(H,9,10);4,7H,3H2,1-2H3,(H,9,10). The Morgan fingerprint density at radius 1 is 1.00 bits per heavy atom. The fourth-order valence-corrected chi connectivity index (χ4v) is 1.27. The topological polar surface area (TPSA) is 133 Å². The third-order valence-electron chi connectivity index (χ3n) is 2.42. The van der Waals surface area contributed by atoms with Crippen LogP contribution in [0, 0.1) is 0 Å². The first-order chi connectivity index (χ1) is 9.20. The molecule has 0 amide bonds. The lowest BCUT2D eigenvalue weighted by Gasteiger charge is -2.07. The Labute approximate surface area is 117 Å². The number of Topliss-reactive ketones (excluding diaryl/α,β-unsaturated/α-hetero) is 2. The van der Waals surface area contributed by atoms with Crippen LogP contribution in [-0.2, 0) is 19.2 Å². The van der Waals surface area contributed by atoms with Gasteiger partial charge in [-0.3, -0.25) is 14.4 Å². The highest BCUT2D eigenvalue weighted by Crippen LogP contribution is 1.92. The summed E-state index contributed by atoms with van der Waals surface area (Å²) in [5.41, 5.74) is 0. The van der Waals surface area contributed by atoms with Crippen LogP contribution in [0.25, 0.3) is 0 Å². The van der Waals surface area contributed by atoms with Gasteiger partial charge in [-0.05, 0) is 27.4 Å². The molecule has 8 nitrogen and oxygen atoms in total. The number of carbonyl (C=O) groups excluding carboxylic acids is 2. The number of carbonyl (C=O) groups is 4. The summed E-state index contributed by atoms with van der Waals surface area (Å²) in [6.07, 6.45) is 0.549. The fraction of sp³-hybridized carbons (Fsp3) is 0.667. The van der Waals surface area contributed by atoms with E-state index in [1.54, 1.807) is 14.0 Å². The first-order valence-electron chi connectivity index (χ1n) is 6.05. The molecule has 0 aromatic carbocycles. The van der Waals surface area contributed by atoms with Crippen molar-refractivity contribution in [3.8, 4) is 0 Å². The summed E-state index contributed by atoms with van der Waals surface area (Å²) in [7, 11) is 3.08. The van der Waals surface area contributed by atoms with Crippen molar-refractivity contribution < 1.29 is 29.4 Å². The summed E-state index contributed by atoms with van der Waals surface area (Å²) in [4.78, 5) is 41.4. The van der Waals surface area contributed by atoms with E-state index in [9.17, 15) is 19.2 Å². The molecule has 0 aliphatic heterocycles. The third-order valence-corrected chi connectivity index (χ3v) is 2.42. The van der Waals surface area contributed by atoms with Crippen LogP contribution in [0.5, 0.6) is 0 Å². The van der Waals surface area contributed by atoms with Gasteiger partial charge in [0.1, 0.15) is 11.8 Å². The van der Waals surface area contributed by atoms with Gasteiger partial charge in [-0.25, -0.2) is 4.79 Å². The van der Waals surface area contributed by atoms with E-state index in [1.165, 1.54) is 14.0 Å². The number of likely N-dealkylation sites (N-methyl/N-ethyl adjacent to an activating group) is 2. The minimum atomic E-state index is -1.37. The van der Waals surface area contributed by atoms with Gasteiger partial charge in [0.25, 0.3) is 5.78 Å². The largest absolute Gasteiger partial charge is 0.480 e. The Kier molecular flexibility index (Phi) is 11.3. The number of aliphatic carboxylic acids is 2. The third kappa shape index (κ3) is 9.17. The summed E-state index contributed by atoms with van der Waals surface area (Å²) in [5, 5.41) is 21.7. The average Bonchev–Trinajstić information content (AvgIpc) is 2.37. The molecular formula is C12H22N2O6. The molecule has 0 fully saturated rings. The summed E-state index contributed by atoms with van der Waals surface area (Å²) in [6.45, 7) is 3.12. The van der Waals surface area contributed by atoms with Gasteiger partial charge in [-0.15, -0.1) is 0 Å². The lowest BCUT2D eigenvalue weighted by molar-refractivity contribution is -0.150. The second-order valence-electron chi connectivity index (χ2n) is 4.00. The van der Waals surface area contributed by atoms with Gasteiger partial charge in [0.2, 0.25) is 0 Å². The summed E-state index contributed by atoms with van der Waals surface area (Å²) in [6, 6.07) is -1.28. The van der Waals surface area contributed by atoms with Crippen LogP contribution >= 0.6 is 0 Å². The van der Waals surface area contributed by atoms with Crippen molar-refractivity contribution in [1.82, 2.24) is 10.6 Å².